The van der Waals surface area contributed by atoms with E-state index in [1.54, 1.807) is 13.1 Å². The Kier molecular flexibility index (Phi) is 4.06. The summed E-state index contributed by atoms with van der Waals surface area (Å²) in [7, 11) is 0. The SMILES string of the molecule is CC(O)(c1ccccc1)c1cnc(C#Cc2ccccc2)s1. The number of hydrogen-bond donors (Lipinski definition) is 1. The topological polar surface area (TPSA) is 33.1 Å². The molecule has 2 nitrogen and oxygen atoms in total. The van der Waals surface area contributed by atoms with E-state index in [9.17, 15) is 5.11 Å². The van der Waals surface area contributed by atoms with E-state index in [0.29, 0.717) is 5.01 Å². The number of rotatable bonds is 2. The predicted molar refractivity (Wildman–Crippen MR) is 89.7 cm³/mol. The quantitative estimate of drug-likeness (QED) is 0.731. The van der Waals surface area contributed by atoms with Crippen molar-refractivity contribution in [3.8, 4) is 11.8 Å². The van der Waals surface area contributed by atoms with E-state index in [4.69, 9.17) is 0 Å². The van der Waals surface area contributed by atoms with Crippen LogP contribution in [0.25, 0.3) is 0 Å². The molecule has 3 rings (SSSR count). The molecule has 22 heavy (non-hydrogen) atoms. The first-order valence-corrected chi connectivity index (χ1v) is 7.79. The maximum atomic E-state index is 10.8. The predicted octanol–water partition coefficient (Wildman–Crippen LogP) is 3.80. The largest absolute Gasteiger partial charge is 0.380 e. The summed E-state index contributed by atoms with van der Waals surface area (Å²) in [5.41, 5.74) is 0.751. The van der Waals surface area contributed by atoms with Crippen LogP contribution >= 0.6 is 11.3 Å². The van der Waals surface area contributed by atoms with Crippen molar-refractivity contribution in [3.63, 3.8) is 0 Å². The summed E-state index contributed by atoms with van der Waals surface area (Å²) < 4.78 is 0. The van der Waals surface area contributed by atoms with Gasteiger partial charge in [-0.1, -0.05) is 54.5 Å². The number of benzene rings is 2. The van der Waals surface area contributed by atoms with Crippen LogP contribution in [0, 0.1) is 11.8 Å². The number of nitrogens with zero attached hydrogens (tertiary/aromatic N) is 1. The number of hydrogen-bond acceptors (Lipinski definition) is 3. The van der Waals surface area contributed by atoms with Crippen LogP contribution in [0.1, 0.15) is 27.9 Å². The first kappa shape index (κ1) is 14.5. The number of aliphatic hydroxyl groups is 1. The summed E-state index contributed by atoms with van der Waals surface area (Å²) in [5, 5.41) is 11.5. The standard InChI is InChI=1S/C19H15NOS/c1-19(21,16-10-6-3-7-11-16)17-14-20-18(22-17)13-12-15-8-4-2-5-9-15/h2-11,14,21H,1H3. The van der Waals surface area contributed by atoms with E-state index in [1.807, 2.05) is 60.7 Å². The maximum absolute atomic E-state index is 10.8. The Morgan fingerprint density at radius 1 is 0.955 bits per heavy atom. The lowest BCUT2D eigenvalue weighted by molar-refractivity contribution is 0.106. The first-order chi connectivity index (χ1) is 10.7. The minimum Gasteiger partial charge on any atom is -0.380 e. The average molecular weight is 305 g/mol. The second-order valence-corrected chi connectivity index (χ2v) is 6.11. The van der Waals surface area contributed by atoms with Gasteiger partial charge in [0.1, 0.15) is 5.60 Å². The van der Waals surface area contributed by atoms with Crippen LogP contribution in [-0.4, -0.2) is 10.1 Å². The first-order valence-electron chi connectivity index (χ1n) is 6.97. The fourth-order valence-corrected chi connectivity index (χ4v) is 2.95. The average Bonchev–Trinajstić information content (AvgIpc) is 3.04. The molecule has 1 heterocycles. The summed E-state index contributed by atoms with van der Waals surface area (Å²) in [6, 6.07) is 19.4. The van der Waals surface area contributed by atoms with Crippen molar-refractivity contribution in [2.24, 2.45) is 0 Å². The molecule has 1 aromatic heterocycles. The normalized spacial score (nSPS) is 13.0. The molecule has 3 heteroatoms. The van der Waals surface area contributed by atoms with Crippen LogP contribution in [0.2, 0.25) is 0 Å². The third-order valence-corrected chi connectivity index (χ3v) is 4.53. The zero-order valence-electron chi connectivity index (χ0n) is 12.2. The summed E-state index contributed by atoms with van der Waals surface area (Å²) in [5.74, 6) is 6.13. The third kappa shape index (κ3) is 3.09. The Labute approximate surface area is 134 Å². The van der Waals surface area contributed by atoms with E-state index in [-0.39, 0.29) is 0 Å². The summed E-state index contributed by atoms with van der Waals surface area (Å²) in [4.78, 5) is 5.10. The van der Waals surface area contributed by atoms with Gasteiger partial charge in [0, 0.05) is 11.8 Å². The van der Waals surface area contributed by atoms with Crippen LogP contribution in [0.3, 0.4) is 0 Å². The van der Waals surface area contributed by atoms with E-state index >= 15 is 0 Å². The molecule has 108 valence electrons. The summed E-state index contributed by atoms with van der Waals surface area (Å²) >= 11 is 1.42. The smallest absolute Gasteiger partial charge is 0.167 e. The molecule has 0 fully saturated rings. The minimum absolute atomic E-state index is 0.704. The molecule has 0 saturated heterocycles. The molecule has 0 spiro atoms. The van der Waals surface area contributed by atoms with Crippen molar-refractivity contribution < 1.29 is 5.11 Å². The molecule has 0 aliphatic heterocycles. The van der Waals surface area contributed by atoms with E-state index in [0.717, 1.165) is 16.0 Å². The van der Waals surface area contributed by atoms with Gasteiger partial charge >= 0.3 is 0 Å². The van der Waals surface area contributed by atoms with Gasteiger partial charge in [-0.3, -0.25) is 0 Å². The van der Waals surface area contributed by atoms with E-state index < -0.39 is 5.60 Å². The maximum Gasteiger partial charge on any atom is 0.167 e. The zero-order valence-corrected chi connectivity index (χ0v) is 13.0. The Morgan fingerprint density at radius 3 is 2.27 bits per heavy atom. The molecule has 0 aliphatic carbocycles. The third-order valence-electron chi connectivity index (χ3n) is 3.41. The molecule has 2 aromatic carbocycles. The van der Waals surface area contributed by atoms with Crippen molar-refractivity contribution in [1.29, 1.82) is 0 Å². The van der Waals surface area contributed by atoms with E-state index in [1.165, 1.54) is 11.3 Å². The monoisotopic (exact) mass is 305 g/mol. The summed E-state index contributed by atoms with van der Waals surface area (Å²) in [6.45, 7) is 1.78. The minimum atomic E-state index is -1.05. The Morgan fingerprint density at radius 2 is 1.59 bits per heavy atom. The molecule has 0 bridgehead atoms. The fraction of sp³-hybridized carbons (Fsp3) is 0.105. The highest BCUT2D eigenvalue weighted by atomic mass is 32.1. The van der Waals surface area contributed by atoms with Gasteiger partial charge in [0.2, 0.25) is 0 Å². The van der Waals surface area contributed by atoms with Gasteiger partial charge < -0.3 is 5.11 Å². The highest BCUT2D eigenvalue weighted by Crippen LogP contribution is 2.32. The Hall–Kier alpha value is -2.41. The van der Waals surface area contributed by atoms with Gasteiger partial charge in [-0.2, -0.15) is 0 Å². The summed E-state index contributed by atoms with van der Waals surface area (Å²) in [6.07, 6.45) is 1.70. The molecular formula is C19H15NOS. The molecule has 1 N–H and O–H groups in total. The van der Waals surface area contributed by atoms with Crippen molar-refractivity contribution in [2.45, 2.75) is 12.5 Å². The second-order valence-electron chi connectivity index (χ2n) is 5.08. The van der Waals surface area contributed by atoms with Gasteiger partial charge in [-0.05, 0) is 30.5 Å². The van der Waals surface area contributed by atoms with Crippen LogP contribution in [0.5, 0.6) is 0 Å². The van der Waals surface area contributed by atoms with Crippen LogP contribution in [0.4, 0.5) is 0 Å². The molecule has 0 aliphatic rings. The molecule has 0 amide bonds. The van der Waals surface area contributed by atoms with Crippen molar-refractivity contribution >= 4 is 11.3 Å². The molecule has 0 radical (unpaired) electrons. The van der Waals surface area contributed by atoms with Crippen LogP contribution < -0.4 is 0 Å². The fourth-order valence-electron chi connectivity index (χ4n) is 2.11. The molecule has 0 saturated carbocycles. The van der Waals surface area contributed by atoms with Crippen molar-refractivity contribution in [1.82, 2.24) is 4.98 Å². The number of aromatic nitrogens is 1. The zero-order chi connectivity index (χ0) is 15.4. The molecular weight excluding hydrogens is 290 g/mol. The lowest BCUT2D eigenvalue weighted by Gasteiger charge is -2.21. The lowest BCUT2D eigenvalue weighted by atomic mass is 9.95. The van der Waals surface area contributed by atoms with Crippen molar-refractivity contribution in [2.75, 3.05) is 0 Å². The van der Waals surface area contributed by atoms with Gasteiger partial charge in [0.05, 0.1) is 4.88 Å². The number of thiazole rings is 1. The second kappa shape index (κ2) is 6.15. The highest BCUT2D eigenvalue weighted by Gasteiger charge is 2.27. The molecule has 1 atom stereocenters. The van der Waals surface area contributed by atoms with Crippen LogP contribution in [-0.2, 0) is 5.60 Å². The van der Waals surface area contributed by atoms with Gasteiger partial charge in [-0.25, -0.2) is 4.98 Å². The van der Waals surface area contributed by atoms with E-state index in [2.05, 4.69) is 16.8 Å². The molecule has 1 unspecified atom stereocenters. The van der Waals surface area contributed by atoms with Crippen LogP contribution in [0.15, 0.2) is 66.9 Å². The van der Waals surface area contributed by atoms with Crippen molar-refractivity contribution in [3.05, 3.63) is 87.9 Å². The van der Waals surface area contributed by atoms with Gasteiger partial charge in [0.15, 0.2) is 5.01 Å². The van der Waals surface area contributed by atoms with Gasteiger partial charge in [-0.15, -0.1) is 11.3 Å². The Bertz CT molecular complexity index is 811. The Balaban J connectivity index is 1.87. The molecule has 3 aromatic rings. The lowest BCUT2D eigenvalue weighted by Crippen LogP contribution is -2.21. The highest BCUT2D eigenvalue weighted by molar-refractivity contribution is 7.12. The van der Waals surface area contributed by atoms with Gasteiger partial charge in [0.25, 0.3) is 0 Å².